The summed E-state index contributed by atoms with van der Waals surface area (Å²) in [6.07, 6.45) is -39.4. The molecule has 24 nitrogen and oxygen atoms in total. The van der Waals surface area contributed by atoms with E-state index < -0.39 is 135 Å². The molecule has 0 unspecified atom stereocenters. The minimum absolute atomic E-state index is 1.28. The molecule has 0 saturated carbocycles. The number of carboxylic acids is 9. The van der Waals surface area contributed by atoms with Crippen LogP contribution >= 0.6 is 0 Å². The lowest BCUT2D eigenvalue weighted by Gasteiger charge is -2.35. The van der Waals surface area contributed by atoms with Crippen LogP contribution in [0.25, 0.3) is 0 Å². The van der Waals surface area contributed by atoms with Crippen LogP contribution in [0.5, 0.6) is 0 Å². The summed E-state index contributed by atoms with van der Waals surface area (Å²) in [6.45, 7) is 42.7. The lowest BCUT2D eigenvalue weighted by Crippen LogP contribution is -2.56. The van der Waals surface area contributed by atoms with E-state index in [9.17, 15) is 93.4 Å². The van der Waals surface area contributed by atoms with Crippen LogP contribution < -0.4 is 15.1 Å². The van der Waals surface area contributed by atoms with E-state index >= 15 is 0 Å². The molecule has 528 valence electrons. The molecule has 0 spiro atoms. The summed E-state index contributed by atoms with van der Waals surface area (Å²) >= 11 is 0. The predicted molar refractivity (Wildman–Crippen MR) is 262 cm³/mol. The number of alkyl halides is 18. The number of carboxylic acid groups (broad SMARTS) is 9. The normalized spacial score (nSPS) is 11.5. The van der Waals surface area contributed by atoms with Gasteiger partial charge in [0.15, 0.2) is 17.8 Å². The fourth-order valence-corrected chi connectivity index (χ4v) is 5.80. The number of hydrogen-bond acceptors (Lipinski definition) is 12. The van der Waals surface area contributed by atoms with E-state index in [0.717, 1.165) is 0 Å². The van der Waals surface area contributed by atoms with Crippen molar-refractivity contribution in [3.63, 3.8) is 0 Å². The fourth-order valence-electron chi connectivity index (χ4n) is 5.80. The maximum Gasteiger partial charge on any atom is 0.414 e. The summed E-state index contributed by atoms with van der Waals surface area (Å²) < 4.78 is 213. The molecule has 43 heteroatoms. The van der Waals surface area contributed by atoms with Crippen LogP contribution in [0.1, 0.15) is 102 Å². The number of halogens is 18. The molecule has 0 aromatic carbocycles. The van der Waals surface area contributed by atoms with Crippen LogP contribution in [-0.2, 0) is 43.2 Å². The van der Waals surface area contributed by atoms with Gasteiger partial charge in [0, 0.05) is 0 Å². The van der Waals surface area contributed by atoms with Gasteiger partial charge in [0.25, 0.3) is 0 Å². The maximum absolute atomic E-state index is 11.6. The molecule has 0 aromatic heterocycles. The van der Waals surface area contributed by atoms with Gasteiger partial charge in [0.1, 0.15) is 0 Å². The molecule has 0 aromatic rings. The first-order valence-corrected chi connectivity index (χ1v) is 25.0. The van der Waals surface area contributed by atoms with Gasteiger partial charge in [-0.15, -0.1) is 0 Å². The molecule has 0 fully saturated rings. The smallest absolute Gasteiger partial charge is 0.414 e. The van der Waals surface area contributed by atoms with Gasteiger partial charge in [-0.1, -0.05) is 0 Å². The molecular weight excluding hydrogens is 1270 g/mol. The van der Waals surface area contributed by atoms with Crippen molar-refractivity contribution in [3.05, 3.63) is 0 Å². The molecule has 0 aliphatic rings. The standard InChI is InChI=1S/3C8H20N.3C5H4F6O2.3C2H2O4.BO3/c3*1-5-9(6-2,7-3)8-4;3*6-4(7,8)2(1-3(12)13)5(9,10)11;3*3-1(4)2(5)6;2-1(3)4/h3*5-8H2,1-4H3;3*2H,1H2,(H,12,13);3*(H,3,4)(H,5,6);/q3*+1;;;;;;;-3. The Kier molecular flexibility index (Phi) is 58.4. The predicted octanol–water partition coefficient (Wildman–Crippen LogP) is 5.77. The summed E-state index contributed by atoms with van der Waals surface area (Å²) in [5.41, 5.74) is 0. The topological polar surface area (TPSA) is 405 Å². The third-order valence-electron chi connectivity index (χ3n) is 12.1. The fraction of sp³-hybridized carbons (Fsp3) is 0.800. The molecule has 0 aliphatic carbocycles. The number of hydrogen-bond donors (Lipinski definition) is 9. The van der Waals surface area contributed by atoms with E-state index in [2.05, 4.69) is 83.1 Å². The van der Waals surface area contributed by atoms with Gasteiger partial charge in [-0.25, -0.2) is 28.8 Å². The Morgan fingerprint density at radius 1 is 0.273 bits per heavy atom. The Bertz CT molecular complexity index is 1600. The van der Waals surface area contributed by atoms with Gasteiger partial charge < -0.3 is 74.5 Å². The Hall–Kier alpha value is -6.21. The van der Waals surface area contributed by atoms with Gasteiger partial charge >= 0.3 is 90.8 Å². The first-order valence-electron chi connectivity index (χ1n) is 25.0. The summed E-state index contributed by atoms with van der Waals surface area (Å²) in [6, 6.07) is 0. The maximum atomic E-state index is 11.6. The second-order valence-corrected chi connectivity index (χ2v) is 16.6. The number of nitrogens with zero attached hydrogens (tertiary/aromatic N) is 3. The molecule has 0 aliphatic heterocycles. The van der Waals surface area contributed by atoms with Gasteiger partial charge in [0.2, 0.25) is 0 Å². The van der Waals surface area contributed by atoms with Crippen molar-refractivity contribution in [2.75, 3.05) is 78.5 Å². The molecule has 88 heavy (non-hydrogen) atoms. The van der Waals surface area contributed by atoms with Crippen LogP contribution in [0.2, 0.25) is 0 Å². The molecule has 0 rings (SSSR count). The molecule has 0 atom stereocenters. The van der Waals surface area contributed by atoms with Crippen LogP contribution in [0.3, 0.4) is 0 Å². The lowest BCUT2D eigenvalue weighted by atomic mass is 10.1. The highest BCUT2D eigenvalue weighted by molar-refractivity contribution is 6.28. The zero-order valence-corrected chi connectivity index (χ0v) is 49.5. The molecule has 0 saturated heterocycles. The molecular formula is C45H78BF18N3O21. The molecule has 0 bridgehead atoms. The minimum atomic E-state index is -5.57. The third kappa shape index (κ3) is 61.4. The number of carbonyl (C=O) groups is 9. The Labute approximate surface area is 493 Å². The molecule has 9 N–H and O–H groups in total. The van der Waals surface area contributed by atoms with E-state index in [1.165, 1.54) is 92.0 Å². The molecule has 0 heterocycles. The third-order valence-corrected chi connectivity index (χ3v) is 12.1. The highest BCUT2D eigenvalue weighted by atomic mass is 19.4. The molecule has 0 radical (unpaired) electrons. The monoisotopic (exact) mass is 1350 g/mol. The van der Waals surface area contributed by atoms with Gasteiger partial charge in [-0.3, -0.25) is 21.7 Å². The Morgan fingerprint density at radius 2 is 0.352 bits per heavy atom. The Morgan fingerprint density at radius 3 is 0.364 bits per heavy atom. The molecule has 0 amide bonds. The van der Waals surface area contributed by atoms with Crippen LogP contribution in [0.4, 0.5) is 79.0 Å². The van der Waals surface area contributed by atoms with Crippen molar-refractivity contribution in [2.24, 2.45) is 17.8 Å². The summed E-state index contributed by atoms with van der Waals surface area (Å²) in [4.78, 5) is 83.7. The van der Waals surface area contributed by atoms with Crippen molar-refractivity contribution in [2.45, 2.75) is 139 Å². The van der Waals surface area contributed by atoms with Crippen LogP contribution in [0, 0.1) is 17.8 Å². The highest BCUT2D eigenvalue weighted by Crippen LogP contribution is 2.43. The van der Waals surface area contributed by atoms with Crippen molar-refractivity contribution in [1.29, 1.82) is 0 Å². The first kappa shape index (κ1) is 104. The minimum Gasteiger partial charge on any atom is -0.907 e. The number of quaternary nitrogens is 3. The van der Waals surface area contributed by atoms with Gasteiger partial charge in [-0.2, -0.15) is 79.0 Å². The summed E-state index contributed by atoms with van der Waals surface area (Å²) in [5, 5.41) is 93.0. The quantitative estimate of drug-likeness (QED) is 0.0340. The zero-order chi connectivity index (χ0) is 73.6. The lowest BCUT2D eigenvalue weighted by molar-refractivity contribution is -0.921. The Balaban J connectivity index is -0.0000000977. The van der Waals surface area contributed by atoms with E-state index in [4.69, 9.17) is 89.8 Å². The van der Waals surface area contributed by atoms with Gasteiger partial charge in [0.05, 0.1) is 97.8 Å². The van der Waals surface area contributed by atoms with Gasteiger partial charge in [-0.05, 0) is 83.1 Å². The summed E-state index contributed by atoms with van der Waals surface area (Å²) in [5.74, 6) is -28.7. The largest absolute Gasteiger partial charge is 0.907 e. The van der Waals surface area contributed by atoms with E-state index in [1.54, 1.807) is 0 Å². The van der Waals surface area contributed by atoms with E-state index in [1.807, 2.05) is 0 Å². The van der Waals surface area contributed by atoms with Crippen LogP contribution in [-0.4, -0.2) is 236 Å². The first-order chi connectivity index (χ1) is 39.0. The van der Waals surface area contributed by atoms with Crippen LogP contribution in [0.15, 0.2) is 0 Å². The highest BCUT2D eigenvalue weighted by Gasteiger charge is 2.59. The van der Waals surface area contributed by atoms with E-state index in [0.29, 0.717) is 0 Å². The zero-order valence-electron chi connectivity index (χ0n) is 49.5. The second kappa shape index (κ2) is 49.6. The number of aliphatic carboxylic acids is 9. The van der Waals surface area contributed by atoms with Crippen molar-refractivity contribution >= 4 is 61.0 Å². The average Bonchev–Trinajstić information content (AvgIpc) is 3.36. The van der Waals surface area contributed by atoms with E-state index in [-0.39, 0.29) is 0 Å². The van der Waals surface area contributed by atoms with Crippen molar-refractivity contribution in [3.8, 4) is 0 Å². The summed E-state index contributed by atoms with van der Waals surface area (Å²) in [7, 11) is -2.92. The number of rotatable bonds is 18. The second-order valence-electron chi connectivity index (χ2n) is 16.6. The SMILES string of the molecule is CC[N+](CC)(CC)CC.CC[N+](CC)(CC)CC.CC[N+](CC)(CC)CC.O=C(O)C(=O)O.O=C(O)C(=O)O.O=C(O)C(=O)O.O=C(O)CC(C(F)(F)F)C(F)(F)F.O=C(O)CC(C(F)(F)F)C(F)(F)F.O=C(O)CC(C(F)(F)F)C(F)(F)F.[O-]B([O-])[O-]. The average molecular weight is 1350 g/mol. The van der Waals surface area contributed by atoms with Crippen molar-refractivity contribution in [1.82, 2.24) is 0 Å². The van der Waals surface area contributed by atoms with Crippen molar-refractivity contribution < 1.29 is 197 Å².